The van der Waals surface area contributed by atoms with Gasteiger partial charge in [0.25, 0.3) is 10.0 Å². The number of hydroxylamine groups is 2. The third kappa shape index (κ3) is 3.35. The van der Waals surface area contributed by atoms with Gasteiger partial charge in [0, 0.05) is 5.56 Å². The molecule has 33 heavy (non-hydrogen) atoms. The lowest BCUT2D eigenvalue weighted by molar-refractivity contribution is 0.0392. The first-order valence-electron chi connectivity index (χ1n) is 10.1. The molecule has 0 aromatic heterocycles. The lowest BCUT2D eigenvalue weighted by atomic mass is 10.0. The van der Waals surface area contributed by atoms with Crippen LogP contribution in [-0.4, -0.2) is 19.4 Å². The second kappa shape index (κ2) is 7.40. The van der Waals surface area contributed by atoms with Crippen molar-refractivity contribution in [1.29, 1.82) is 0 Å². The van der Waals surface area contributed by atoms with Crippen molar-refractivity contribution >= 4 is 44.0 Å². The van der Waals surface area contributed by atoms with Crippen molar-refractivity contribution in [2.45, 2.75) is 11.4 Å². The summed E-state index contributed by atoms with van der Waals surface area (Å²) in [5.74, 6) is 1.42. The normalized spacial score (nSPS) is 15.8. The number of anilines is 1. The number of sulfonamides is 1. The number of hydrogen-bond acceptors (Lipinski definition) is 6. The summed E-state index contributed by atoms with van der Waals surface area (Å²) >= 11 is 6.23. The minimum Gasteiger partial charge on any atom is -0.454 e. The lowest BCUT2D eigenvalue weighted by Gasteiger charge is -2.25. The highest BCUT2D eigenvalue weighted by Crippen LogP contribution is 2.41. The van der Waals surface area contributed by atoms with Crippen molar-refractivity contribution in [1.82, 2.24) is 5.06 Å². The largest absolute Gasteiger partial charge is 0.454 e. The molecule has 2 aliphatic rings. The van der Waals surface area contributed by atoms with E-state index in [0.29, 0.717) is 28.8 Å². The van der Waals surface area contributed by atoms with Gasteiger partial charge < -0.3 is 14.9 Å². The van der Waals surface area contributed by atoms with E-state index in [1.54, 1.807) is 36.4 Å². The Kier molecular flexibility index (Phi) is 4.46. The molecule has 0 saturated carbocycles. The summed E-state index contributed by atoms with van der Waals surface area (Å²) in [5, 5.41) is 7.05. The summed E-state index contributed by atoms with van der Waals surface area (Å²) in [5.41, 5.74) is 1.23. The Labute approximate surface area is 194 Å². The number of hydrogen-bond donors (Lipinski definition) is 1. The second-order valence-electron chi connectivity index (χ2n) is 7.57. The summed E-state index contributed by atoms with van der Waals surface area (Å²) < 4.78 is 35.9. The highest BCUT2D eigenvalue weighted by atomic mass is 35.5. The van der Waals surface area contributed by atoms with Crippen molar-refractivity contribution in [2.24, 2.45) is 4.40 Å². The highest BCUT2D eigenvalue weighted by Gasteiger charge is 2.34. The molecule has 1 N–H and O–H groups in total. The molecule has 0 radical (unpaired) electrons. The van der Waals surface area contributed by atoms with E-state index in [4.69, 9.17) is 21.2 Å². The van der Waals surface area contributed by atoms with E-state index in [1.165, 1.54) is 11.1 Å². The third-order valence-electron chi connectivity index (χ3n) is 5.51. The fourth-order valence-electron chi connectivity index (χ4n) is 3.96. The molecule has 0 saturated heterocycles. The van der Waals surface area contributed by atoms with Gasteiger partial charge >= 0.3 is 0 Å². The van der Waals surface area contributed by atoms with Crippen molar-refractivity contribution < 1.29 is 18.0 Å². The van der Waals surface area contributed by atoms with Gasteiger partial charge in [0.1, 0.15) is 16.3 Å². The first-order chi connectivity index (χ1) is 16.0. The SMILES string of the molecule is O=S1(=O)N=C(N2Cc3c(ccc4ccccc34)O2)Nc2c(Oc3ccccc3Cl)cccc21. The third-order valence-corrected chi connectivity index (χ3v) is 7.13. The Bertz CT molecular complexity index is 1570. The Balaban J connectivity index is 1.38. The van der Waals surface area contributed by atoms with Gasteiger partial charge in [-0.05, 0) is 41.1 Å². The molecule has 2 heterocycles. The van der Waals surface area contributed by atoms with E-state index in [2.05, 4.69) is 9.71 Å². The zero-order valence-corrected chi connectivity index (χ0v) is 18.6. The van der Waals surface area contributed by atoms with Crippen LogP contribution in [0.1, 0.15) is 5.56 Å². The predicted molar refractivity (Wildman–Crippen MR) is 126 cm³/mol. The number of nitrogens with one attached hydrogen (secondary N) is 1. The molecular weight excluding hydrogens is 462 g/mol. The van der Waals surface area contributed by atoms with Gasteiger partial charge in [-0.1, -0.05) is 60.1 Å². The Morgan fingerprint density at radius 1 is 0.939 bits per heavy atom. The summed E-state index contributed by atoms with van der Waals surface area (Å²) in [6, 6.07) is 23.5. The quantitative estimate of drug-likeness (QED) is 0.407. The van der Waals surface area contributed by atoms with Crippen LogP contribution < -0.4 is 14.9 Å². The molecule has 0 aliphatic carbocycles. The summed E-state index contributed by atoms with van der Waals surface area (Å²) in [6.45, 7) is 0.334. The summed E-state index contributed by atoms with van der Waals surface area (Å²) in [7, 11) is -3.99. The van der Waals surface area contributed by atoms with E-state index in [0.717, 1.165) is 16.3 Å². The van der Waals surface area contributed by atoms with Crippen molar-refractivity contribution in [3.05, 3.63) is 89.4 Å². The number of rotatable bonds is 2. The molecule has 0 bridgehead atoms. The van der Waals surface area contributed by atoms with Gasteiger partial charge in [0.2, 0.25) is 5.96 Å². The number of ether oxygens (including phenoxy) is 1. The summed E-state index contributed by atoms with van der Waals surface area (Å²) in [4.78, 5) is 5.97. The van der Waals surface area contributed by atoms with Crippen LogP contribution in [0.25, 0.3) is 10.8 Å². The van der Waals surface area contributed by atoms with Crippen molar-refractivity contribution in [3.63, 3.8) is 0 Å². The molecule has 0 spiro atoms. The number of guanidine groups is 1. The molecule has 4 aromatic carbocycles. The molecule has 0 fully saturated rings. The fraction of sp³-hybridized carbons (Fsp3) is 0.0417. The first-order valence-corrected chi connectivity index (χ1v) is 11.9. The van der Waals surface area contributed by atoms with Gasteiger partial charge in [-0.15, -0.1) is 4.40 Å². The number of para-hydroxylation sites is 2. The second-order valence-corrected chi connectivity index (χ2v) is 9.55. The van der Waals surface area contributed by atoms with Gasteiger partial charge in [-0.2, -0.15) is 13.5 Å². The van der Waals surface area contributed by atoms with E-state index in [9.17, 15) is 8.42 Å². The van der Waals surface area contributed by atoms with Gasteiger partial charge in [-0.3, -0.25) is 0 Å². The predicted octanol–water partition coefficient (Wildman–Crippen LogP) is 5.57. The Hall–Kier alpha value is -3.75. The van der Waals surface area contributed by atoms with Gasteiger partial charge in [0.05, 0.1) is 11.6 Å². The minimum atomic E-state index is -3.99. The number of nitrogens with zero attached hydrogens (tertiary/aromatic N) is 2. The van der Waals surface area contributed by atoms with Crippen molar-refractivity contribution in [3.8, 4) is 17.2 Å². The van der Waals surface area contributed by atoms with Gasteiger partial charge in [0.15, 0.2) is 11.5 Å². The van der Waals surface area contributed by atoms with Crippen LogP contribution in [-0.2, 0) is 16.6 Å². The molecule has 4 aromatic rings. The van der Waals surface area contributed by atoms with E-state index >= 15 is 0 Å². The number of fused-ring (bicyclic) bond motifs is 4. The van der Waals surface area contributed by atoms with E-state index in [-0.39, 0.29) is 16.5 Å². The molecule has 7 nitrogen and oxygen atoms in total. The van der Waals surface area contributed by atoms with E-state index < -0.39 is 10.0 Å². The number of halogens is 1. The highest BCUT2D eigenvalue weighted by molar-refractivity contribution is 7.90. The van der Waals surface area contributed by atoms with Crippen LogP contribution in [0.15, 0.2) is 88.2 Å². The monoisotopic (exact) mass is 477 g/mol. The Morgan fingerprint density at radius 2 is 1.73 bits per heavy atom. The maximum atomic E-state index is 13.0. The van der Waals surface area contributed by atoms with Crippen LogP contribution in [0.4, 0.5) is 5.69 Å². The van der Waals surface area contributed by atoms with Crippen LogP contribution in [0.2, 0.25) is 5.02 Å². The molecule has 0 unspecified atom stereocenters. The minimum absolute atomic E-state index is 0.0120. The number of benzene rings is 4. The molecule has 9 heteroatoms. The van der Waals surface area contributed by atoms with Crippen LogP contribution in [0.5, 0.6) is 17.2 Å². The fourth-order valence-corrected chi connectivity index (χ4v) is 5.26. The van der Waals surface area contributed by atoms with Crippen LogP contribution in [0, 0.1) is 0 Å². The average molecular weight is 478 g/mol. The summed E-state index contributed by atoms with van der Waals surface area (Å²) in [6.07, 6.45) is 0. The molecule has 164 valence electrons. The smallest absolute Gasteiger partial charge is 0.287 e. The molecule has 0 amide bonds. The maximum Gasteiger partial charge on any atom is 0.287 e. The average Bonchev–Trinajstić information content (AvgIpc) is 3.26. The standard InChI is InChI=1S/C24H16ClN3O4S/c25-18-8-3-4-9-20(18)31-21-10-5-11-22-23(21)26-24(27-33(22,29)30)28-14-17-16-7-2-1-6-15(16)12-13-19(17)32-28/h1-13H,14H2,(H,26,27). The molecular formula is C24H16ClN3O4S. The van der Waals surface area contributed by atoms with Crippen molar-refractivity contribution in [2.75, 3.05) is 5.32 Å². The maximum absolute atomic E-state index is 13.0. The zero-order valence-electron chi connectivity index (χ0n) is 17.0. The molecule has 2 aliphatic heterocycles. The van der Waals surface area contributed by atoms with E-state index in [1.807, 2.05) is 36.4 Å². The molecule has 6 rings (SSSR count). The lowest BCUT2D eigenvalue weighted by Crippen LogP contribution is -2.38. The van der Waals surface area contributed by atoms with Gasteiger partial charge in [-0.25, -0.2) is 0 Å². The molecule has 0 atom stereocenters. The zero-order chi connectivity index (χ0) is 22.6. The Morgan fingerprint density at radius 3 is 2.61 bits per heavy atom. The first kappa shape index (κ1) is 19.9. The van der Waals surface area contributed by atoms with Crippen LogP contribution in [0.3, 0.4) is 0 Å². The topological polar surface area (TPSA) is 80.2 Å². The van der Waals surface area contributed by atoms with Crippen LogP contribution >= 0.6 is 11.6 Å².